The quantitative estimate of drug-likeness (QED) is 0.700. The molecule has 162 valence electrons. The molecule has 6 nitrogen and oxygen atoms in total. The van der Waals surface area contributed by atoms with Crippen LogP contribution in [0.4, 0.5) is 0 Å². The Labute approximate surface area is 179 Å². The molecule has 3 rings (SSSR count). The Morgan fingerprint density at radius 1 is 0.933 bits per heavy atom. The average Bonchev–Trinajstić information content (AvgIpc) is 2.78. The second-order valence-electron chi connectivity index (χ2n) is 7.86. The minimum absolute atomic E-state index is 0.00470. The first-order valence-corrected chi connectivity index (χ1v) is 12.0. The third-order valence-corrected chi connectivity index (χ3v) is 7.59. The number of rotatable bonds is 8. The molecule has 0 unspecified atom stereocenters. The van der Waals surface area contributed by atoms with Crippen molar-refractivity contribution in [1.29, 1.82) is 0 Å². The van der Waals surface area contributed by atoms with Crippen LogP contribution in [0.25, 0.3) is 0 Å². The van der Waals surface area contributed by atoms with Gasteiger partial charge in [-0.05, 0) is 44.4 Å². The van der Waals surface area contributed by atoms with E-state index in [0.717, 1.165) is 12.8 Å². The number of piperazine rings is 1. The Kier molecular flexibility index (Phi) is 7.64. The SMILES string of the molecule is C[C@@H](CCc1ccccc1)NC(=O)[C@H](C)N1CCN(S(=O)(=O)c2ccccc2)CC1. The molecule has 1 fully saturated rings. The third kappa shape index (κ3) is 5.68. The normalized spacial score (nSPS) is 17.9. The molecule has 0 aliphatic carbocycles. The van der Waals surface area contributed by atoms with Crippen LogP contribution in [0.5, 0.6) is 0 Å². The minimum Gasteiger partial charge on any atom is -0.352 e. The van der Waals surface area contributed by atoms with Crippen LogP contribution >= 0.6 is 0 Å². The number of carbonyl (C=O) groups is 1. The predicted molar refractivity (Wildman–Crippen MR) is 119 cm³/mol. The molecule has 1 N–H and O–H groups in total. The highest BCUT2D eigenvalue weighted by Gasteiger charge is 2.31. The summed E-state index contributed by atoms with van der Waals surface area (Å²) in [5.74, 6) is -0.00470. The molecule has 0 radical (unpaired) electrons. The molecule has 1 amide bonds. The first-order chi connectivity index (χ1) is 14.4. The summed E-state index contributed by atoms with van der Waals surface area (Å²) >= 11 is 0. The summed E-state index contributed by atoms with van der Waals surface area (Å²) < 4.78 is 27.0. The average molecular weight is 430 g/mol. The molecule has 0 bridgehead atoms. The molecule has 0 spiro atoms. The van der Waals surface area contributed by atoms with E-state index in [1.165, 1.54) is 9.87 Å². The lowest BCUT2D eigenvalue weighted by atomic mass is 10.1. The summed E-state index contributed by atoms with van der Waals surface area (Å²) in [7, 11) is -3.48. The van der Waals surface area contributed by atoms with Crippen LogP contribution in [-0.4, -0.2) is 61.8 Å². The summed E-state index contributed by atoms with van der Waals surface area (Å²) in [5, 5.41) is 3.10. The van der Waals surface area contributed by atoms with Crippen molar-refractivity contribution in [2.75, 3.05) is 26.2 Å². The van der Waals surface area contributed by atoms with Crippen LogP contribution in [0.15, 0.2) is 65.6 Å². The van der Waals surface area contributed by atoms with Crippen molar-refractivity contribution in [3.8, 4) is 0 Å². The van der Waals surface area contributed by atoms with Crippen LogP contribution in [0.1, 0.15) is 25.8 Å². The first kappa shape index (κ1) is 22.5. The largest absolute Gasteiger partial charge is 0.352 e. The van der Waals surface area contributed by atoms with Gasteiger partial charge in [0.25, 0.3) is 0 Å². The number of hydrogen-bond acceptors (Lipinski definition) is 4. The number of benzene rings is 2. The van der Waals surface area contributed by atoms with E-state index in [2.05, 4.69) is 22.3 Å². The van der Waals surface area contributed by atoms with E-state index in [-0.39, 0.29) is 18.0 Å². The van der Waals surface area contributed by atoms with Crippen molar-refractivity contribution in [3.63, 3.8) is 0 Å². The van der Waals surface area contributed by atoms with Gasteiger partial charge in [-0.15, -0.1) is 0 Å². The van der Waals surface area contributed by atoms with E-state index in [1.807, 2.05) is 32.0 Å². The van der Waals surface area contributed by atoms with Gasteiger partial charge < -0.3 is 5.32 Å². The van der Waals surface area contributed by atoms with Crippen LogP contribution in [0, 0.1) is 0 Å². The van der Waals surface area contributed by atoms with Gasteiger partial charge >= 0.3 is 0 Å². The van der Waals surface area contributed by atoms with E-state index < -0.39 is 10.0 Å². The molecular weight excluding hydrogens is 398 g/mol. The molecule has 0 aromatic heterocycles. The smallest absolute Gasteiger partial charge is 0.243 e. The molecule has 2 aromatic carbocycles. The van der Waals surface area contributed by atoms with Crippen LogP contribution in [0.3, 0.4) is 0 Å². The molecule has 2 atom stereocenters. The van der Waals surface area contributed by atoms with Crippen molar-refractivity contribution in [2.24, 2.45) is 0 Å². The third-order valence-electron chi connectivity index (χ3n) is 5.68. The second kappa shape index (κ2) is 10.2. The molecule has 1 heterocycles. The maximum absolute atomic E-state index is 12.8. The van der Waals surface area contributed by atoms with Gasteiger partial charge in [0, 0.05) is 32.2 Å². The molecule has 0 saturated carbocycles. The van der Waals surface area contributed by atoms with E-state index in [9.17, 15) is 13.2 Å². The lowest BCUT2D eigenvalue weighted by molar-refractivity contribution is -0.127. The predicted octanol–water partition coefficient (Wildman–Crippen LogP) is 2.52. The zero-order valence-corrected chi connectivity index (χ0v) is 18.5. The maximum Gasteiger partial charge on any atom is 0.243 e. The van der Waals surface area contributed by atoms with E-state index in [4.69, 9.17) is 0 Å². The van der Waals surface area contributed by atoms with Gasteiger partial charge in [-0.3, -0.25) is 9.69 Å². The lowest BCUT2D eigenvalue weighted by Gasteiger charge is -2.37. The molecule has 1 aliphatic rings. The number of carbonyl (C=O) groups excluding carboxylic acids is 1. The highest BCUT2D eigenvalue weighted by Crippen LogP contribution is 2.18. The van der Waals surface area contributed by atoms with Crippen LogP contribution in [0.2, 0.25) is 0 Å². The number of nitrogens with one attached hydrogen (secondary N) is 1. The fraction of sp³-hybridized carbons (Fsp3) is 0.435. The summed E-state index contributed by atoms with van der Waals surface area (Å²) in [6, 6.07) is 18.5. The van der Waals surface area contributed by atoms with Crippen LogP contribution < -0.4 is 5.32 Å². The highest BCUT2D eigenvalue weighted by atomic mass is 32.2. The van der Waals surface area contributed by atoms with Gasteiger partial charge in [-0.1, -0.05) is 48.5 Å². The van der Waals surface area contributed by atoms with Crippen LogP contribution in [-0.2, 0) is 21.2 Å². The van der Waals surface area contributed by atoms with E-state index in [0.29, 0.717) is 31.1 Å². The molecule has 1 saturated heterocycles. The molecular formula is C23H31N3O3S. The van der Waals surface area contributed by atoms with Gasteiger partial charge in [0.2, 0.25) is 15.9 Å². The number of sulfonamides is 1. The number of hydrogen-bond donors (Lipinski definition) is 1. The van der Waals surface area contributed by atoms with Crippen molar-refractivity contribution in [2.45, 2.75) is 43.7 Å². The fourth-order valence-electron chi connectivity index (χ4n) is 3.70. The Hall–Kier alpha value is -2.22. The fourth-order valence-corrected chi connectivity index (χ4v) is 5.15. The first-order valence-electron chi connectivity index (χ1n) is 10.5. The second-order valence-corrected chi connectivity index (χ2v) is 9.80. The van der Waals surface area contributed by atoms with Gasteiger partial charge in [0.15, 0.2) is 0 Å². The Morgan fingerprint density at radius 2 is 1.50 bits per heavy atom. The number of nitrogens with zero attached hydrogens (tertiary/aromatic N) is 2. The van der Waals surface area contributed by atoms with Gasteiger partial charge in [-0.2, -0.15) is 4.31 Å². The Morgan fingerprint density at radius 3 is 2.10 bits per heavy atom. The minimum atomic E-state index is -3.48. The maximum atomic E-state index is 12.8. The monoisotopic (exact) mass is 429 g/mol. The van der Waals surface area contributed by atoms with Crippen molar-refractivity contribution >= 4 is 15.9 Å². The summed E-state index contributed by atoms with van der Waals surface area (Å²) in [4.78, 5) is 15.0. The number of amides is 1. The lowest BCUT2D eigenvalue weighted by Crippen LogP contribution is -2.55. The molecule has 2 aromatic rings. The Bertz CT molecular complexity index is 911. The molecule has 30 heavy (non-hydrogen) atoms. The van der Waals surface area contributed by atoms with E-state index >= 15 is 0 Å². The topological polar surface area (TPSA) is 69.7 Å². The zero-order valence-electron chi connectivity index (χ0n) is 17.7. The van der Waals surface area contributed by atoms with Gasteiger partial charge in [0.05, 0.1) is 10.9 Å². The molecule has 1 aliphatic heterocycles. The van der Waals surface area contributed by atoms with Gasteiger partial charge in [0.1, 0.15) is 0 Å². The van der Waals surface area contributed by atoms with Gasteiger partial charge in [-0.25, -0.2) is 8.42 Å². The summed E-state index contributed by atoms with van der Waals surface area (Å²) in [6.45, 7) is 5.77. The standard InChI is InChI=1S/C23H31N3O3S/c1-19(13-14-21-9-5-3-6-10-21)24-23(27)20(2)25-15-17-26(18-16-25)30(28,29)22-11-7-4-8-12-22/h3-12,19-20H,13-18H2,1-2H3,(H,24,27)/t19-,20-/m0/s1. The summed E-state index contributed by atoms with van der Waals surface area (Å²) in [5.41, 5.74) is 1.27. The van der Waals surface area contributed by atoms with E-state index in [1.54, 1.807) is 30.3 Å². The number of aryl methyl sites for hydroxylation is 1. The highest BCUT2D eigenvalue weighted by molar-refractivity contribution is 7.89. The molecule has 7 heteroatoms. The Balaban J connectivity index is 1.47. The summed E-state index contributed by atoms with van der Waals surface area (Å²) in [6.07, 6.45) is 1.80. The van der Waals surface area contributed by atoms with Crippen molar-refractivity contribution in [1.82, 2.24) is 14.5 Å². The van der Waals surface area contributed by atoms with Crippen molar-refractivity contribution in [3.05, 3.63) is 66.2 Å². The zero-order chi connectivity index (χ0) is 21.6. The van der Waals surface area contributed by atoms with Crippen molar-refractivity contribution < 1.29 is 13.2 Å².